The van der Waals surface area contributed by atoms with Gasteiger partial charge in [0.25, 0.3) is 0 Å². The van der Waals surface area contributed by atoms with E-state index in [0.29, 0.717) is 37.8 Å². The molecule has 0 aromatic rings. The molecular weight excluding hydrogens is 308 g/mol. The van der Waals surface area contributed by atoms with Gasteiger partial charge in [-0.05, 0) is 57.8 Å². The lowest BCUT2D eigenvalue weighted by Crippen LogP contribution is -2.26. The zero-order valence-corrected chi connectivity index (χ0v) is 18.3. The molecule has 4 heteroatoms. The number of hydrogen-bond donors (Lipinski definition) is 0. The van der Waals surface area contributed by atoms with E-state index in [1.165, 1.54) is 17.1 Å². The second-order valence-electron chi connectivity index (χ2n) is 8.57. The lowest BCUT2D eigenvalue weighted by Gasteiger charge is -2.18. The maximum absolute atomic E-state index is 4.75. The van der Waals surface area contributed by atoms with Crippen molar-refractivity contribution in [2.45, 2.75) is 81.6 Å². The Labute approximate surface area is 156 Å². The maximum atomic E-state index is 4.75. The maximum Gasteiger partial charge on any atom is 0.0938 e. The van der Waals surface area contributed by atoms with Crippen molar-refractivity contribution in [1.29, 1.82) is 0 Å². The average Bonchev–Trinajstić information content (AvgIpc) is 2.44. The van der Waals surface area contributed by atoms with Crippen LogP contribution in [0.15, 0.2) is 15.0 Å². The van der Waals surface area contributed by atoms with Gasteiger partial charge < -0.3 is 0 Å². The van der Waals surface area contributed by atoms with E-state index >= 15 is 0 Å². The summed E-state index contributed by atoms with van der Waals surface area (Å²) in [4.78, 5) is 16.5. The Balaban J connectivity index is 4.86. The molecule has 0 saturated carbocycles. The minimum atomic E-state index is 0.648. The molecule has 0 atom stereocenters. The van der Waals surface area contributed by atoms with E-state index in [-0.39, 0.29) is 0 Å². The predicted molar refractivity (Wildman–Crippen MR) is 114 cm³/mol. The summed E-state index contributed by atoms with van der Waals surface area (Å²) in [6, 6.07) is 0. The van der Waals surface area contributed by atoms with Gasteiger partial charge in [-0.25, -0.2) is 4.90 Å². The molecule has 0 rings (SSSR count). The summed E-state index contributed by atoms with van der Waals surface area (Å²) in [5.41, 5.74) is 3.64. The molecule has 0 spiro atoms. The molecule has 0 N–H and O–H groups in total. The first-order chi connectivity index (χ1) is 11.6. The Bertz CT molecular complexity index is 378. The minimum absolute atomic E-state index is 0.648. The molecule has 4 nitrogen and oxygen atoms in total. The third-order valence-corrected chi connectivity index (χ3v) is 3.73. The SMILES string of the molecule is C/C(CC(C)C)=N/CN(C/N=C(/C)CC(C)C)C/N=C(\C)CC(C)C. The zero-order chi connectivity index (χ0) is 19.4. The fourth-order valence-electron chi connectivity index (χ4n) is 2.76. The molecule has 0 aliphatic heterocycles. The lowest BCUT2D eigenvalue weighted by molar-refractivity contribution is 0.301. The summed E-state index contributed by atoms with van der Waals surface area (Å²) in [5, 5.41) is 0. The van der Waals surface area contributed by atoms with Crippen molar-refractivity contribution in [1.82, 2.24) is 4.90 Å². The van der Waals surface area contributed by atoms with Gasteiger partial charge in [0.2, 0.25) is 0 Å². The zero-order valence-electron chi connectivity index (χ0n) is 18.3. The van der Waals surface area contributed by atoms with Crippen molar-refractivity contribution in [2.75, 3.05) is 20.0 Å². The average molecular weight is 351 g/mol. The van der Waals surface area contributed by atoms with Gasteiger partial charge in [-0.2, -0.15) is 0 Å². The van der Waals surface area contributed by atoms with E-state index in [1.807, 2.05) is 0 Å². The topological polar surface area (TPSA) is 40.3 Å². The number of aliphatic imine (C=N–C) groups is 3. The van der Waals surface area contributed by atoms with Crippen LogP contribution in [0.1, 0.15) is 81.6 Å². The van der Waals surface area contributed by atoms with Gasteiger partial charge in [-0.15, -0.1) is 0 Å². The fourth-order valence-corrected chi connectivity index (χ4v) is 2.76. The van der Waals surface area contributed by atoms with Crippen LogP contribution in [0.2, 0.25) is 0 Å². The first-order valence-corrected chi connectivity index (χ1v) is 9.82. The van der Waals surface area contributed by atoms with E-state index in [0.717, 1.165) is 19.3 Å². The van der Waals surface area contributed by atoms with Crippen LogP contribution in [0.5, 0.6) is 0 Å². The molecule has 0 fully saturated rings. The highest BCUT2D eigenvalue weighted by Crippen LogP contribution is 2.05. The van der Waals surface area contributed by atoms with Crippen LogP contribution in [0.25, 0.3) is 0 Å². The molecular formula is C21H42N4. The van der Waals surface area contributed by atoms with Crippen molar-refractivity contribution in [3.8, 4) is 0 Å². The standard InChI is InChI=1S/C21H42N4/c1-16(2)10-19(7)22-13-25(14-23-20(8)11-17(3)4)15-24-21(9)12-18(5)6/h16-18H,10-15H2,1-9H3/b22-19-,23-20-,24-21+. The summed E-state index contributed by atoms with van der Waals surface area (Å²) in [5.74, 6) is 1.94. The van der Waals surface area contributed by atoms with Crippen molar-refractivity contribution in [2.24, 2.45) is 32.7 Å². The molecule has 146 valence electrons. The first kappa shape index (κ1) is 24.0. The van der Waals surface area contributed by atoms with Crippen LogP contribution in [-0.4, -0.2) is 42.0 Å². The second-order valence-corrected chi connectivity index (χ2v) is 8.57. The Morgan fingerprint density at radius 1 is 0.560 bits per heavy atom. The molecule has 0 unspecified atom stereocenters. The van der Waals surface area contributed by atoms with Gasteiger partial charge in [-0.1, -0.05) is 41.5 Å². The Kier molecular flexibility index (Phi) is 12.7. The van der Waals surface area contributed by atoms with Gasteiger partial charge in [0.05, 0.1) is 20.0 Å². The lowest BCUT2D eigenvalue weighted by atomic mass is 10.1. The smallest absolute Gasteiger partial charge is 0.0938 e. The first-order valence-electron chi connectivity index (χ1n) is 9.82. The second kappa shape index (κ2) is 13.2. The molecule has 0 radical (unpaired) electrons. The van der Waals surface area contributed by atoms with Crippen LogP contribution in [0.3, 0.4) is 0 Å². The van der Waals surface area contributed by atoms with E-state index in [9.17, 15) is 0 Å². The van der Waals surface area contributed by atoms with E-state index in [2.05, 4.69) is 67.2 Å². The van der Waals surface area contributed by atoms with E-state index in [4.69, 9.17) is 15.0 Å². The highest BCUT2D eigenvalue weighted by atomic mass is 15.3. The third kappa shape index (κ3) is 15.0. The monoisotopic (exact) mass is 350 g/mol. The third-order valence-electron chi connectivity index (χ3n) is 3.73. The summed E-state index contributed by atoms with van der Waals surface area (Å²) in [6.07, 6.45) is 3.16. The predicted octanol–water partition coefficient (Wildman–Crippen LogP) is 5.68. The van der Waals surface area contributed by atoms with Crippen LogP contribution in [-0.2, 0) is 0 Å². The van der Waals surface area contributed by atoms with Gasteiger partial charge in [0, 0.05) is 17.1 Å². The summed E-state index contributed by atoms with van der Waals surface area (Å²) in [7, 11) is 0. The molecule has 0 aliphatic carbocycles. The highest BCUT2D eigenvalue weighted by molar-refractivity contribution is 5.83. The molecule has 25 heavy (non-hydrogen) atoms. The van der Waals surface area contributed by atoms with Gasteiger partial charge in [-0.3, -0.25) is 15.0 Å². The molecule has 0 bridgehead atoms. The molecule has 0 aromatic heterocycles. The van der Waals surface area contributed by atoms with E-state index < -0.39 is 0 Å². The van der Waals surface area contributed by atoms with Crippen molar-refractivity contribution >= 4 is 17.1 Å². The van der Waals surface area contributed by atoms with Gasteiger partial charge in [0.15, 0.2) is 0 Å². The summed E-state index contributed by atoms with van der Waals surface area (Å²) >= 11 is 0. The van der Waals surface area contributed by atoms with Gasteiger partial charge >= 0.3 is 0 Å². The normalized spacial score (nSPS) is 14.5. The molecule has 0 heterocycles. The highest BCUT2D eigenvalue weighted by Gasteiger charge is 2.06. The molecule has 0 saturated heterocycles. The Morgan fingerprint density at radius 3 is 1.00 bits per heavy atom. The van der Waals surface area contributed by atoms with Crippen molar-refractivity contribution in [3.05, 3.63) is 0 Å². The van der Waals surface area contributed by atoms with Crippen LogP contribution >= 0.6 is 0 Å². The molecule has 0 aromatic carbocycles. The fraction of sp³-hybridized carbons (Fsp3) is 0.857. The van der Waals surface area contributed by atoms with Crippen LogP contribution < -0.4 is 0 Å². The van der Waals surface area contributed by atoms with E-state index in [1.54, 1.807) is 0 Å². The Morgan fingerprint density at radius 2 is 0.800 bits per heavy atom. The van der Waals surface area contributed by atoms with Crippen LogP contribution in [0, 0.1) is 17.8 Å². The van der Waals surface area contributed by atoms with Crippen molar-refractivity contribution < 1.29 is 0 Å². The summed E-state index contributed by atoms with van der Waals surface area (Å²) < 4.78 is 0. The Hall–Kier alpha value is -1.03. The minimum Gasteiger partial charge on any atom is -0.279 e. The molecule has 0 amide bonds. The van der Waals surface area contributed by atoms with Gasteiger partial charge in [0.1, 0.15) is 0 Å². The number of rotatable bonds is 12. The van der Waals surface area contributed by atoms with Crippen molar-refractivity contribution in [3.63, 3.8) is 0 Å². The number of nitrogens with zero attached hydrogens (tertiary/aromatic N) is 4. The largest absolute Gasteiger partial charge is 0.279 e. The summed E-state index contributed by atoms with van der Waals surface area (Å²) in [6.45, 7) is 21.8. The van der Waals surface area contributed by atoms with Crippen LogP contribution in [0.4, 0.5) is 0 Å². The number of hydrogen-bond acceptors (Lipinski definition) is 4. The quantitative estimate of drug-likeness (QED) is 0.417. The molecule has 0 aliphatic rings.